The number of likely N-dealkylation sites (tertiary alicyclic amines) is 2. The lowest BCUT2D eigenvalue weighted by Gasteiger charge is -2.52. The molecule has 10 atom stereocenters. The molecule has 12 rings (SSSR count). The van der Waals surface area contributed by atoms with Gasteiger partial charge in [0.05, 0.1) is 58.1 Å². The number of benzene rings is 2. The predicted molar refractivity (Wildman–Crippen MR) is 198 cm³/mol. The summed E-state index contributed by atoms with van der Waals surface area (Å²) in [6.45, 7) is 6.01. The lowest BCUT2D eigenvalue weighted by atomic mass is 9.72. The number of methoxy groups -OCH3 is 1. The van der Waals surface area contributed by atoms with E-state index in [2.05, 4.69) is 30.9 Å². The van der Waals surface area contributed by atoms with E-state index in [0.717, 1.165) is 16.8 Å². The lowest BCUT2D eigenvalue weighted by Crippen LogP contribution is -2.62. The Balaban J connectivity index is 1.08. The van der Waals surface area contributed by atoms with Crippen molar-refractivity contribution >= 4 is 29.2 Å². The maximum absolute atomic E-state index is 15.7. The van der Waals surface area contributed by atoms with Crippen LogP contribution in [0.25, 0.3) is 0 Å². The molecule has 8 heterocycles. The molecule has 2 spiro atoms. The predicted octanol–water partition coefficient (Wildman–Crippen LogP) is 4.92. The zero-order valence-electron chi connectivity index (χ0n) is 31.5. The van der Waals surface area contributed by atoms with Crippen LogP contribution in [0.2, 0.25) is 0 Å². The van der Waals surface area contributed by atoms with Crippen molar-refractivity contribution in [2.45, 2.75) is 74.7 Å². The summed E-state index contributed by atoms with van der Waals surface area (Å²) < 4.78 is 19.0. The molecule has 2 saturated carbocycles. The van der Waals surface area contributed by atoms with Crippen LogP contribution in [0.3, 0.4) is 0 Å². The van der Waals surface area contributed by atoms with Crippen molar-refractivity contribution in [2.75, 3.05) is 57.8 Å². The highest BCUT2D eigenvalue weighted by Crippen LogP contribution is 2.60. The molecule has 12 heteroatoms. The van der Waals surface area contributed by atoms with Crippen LogP contribution in [0.15, 0.2) is 65.8 Å². The van der Waals surface area contributed by atoms with Crippen LogP contribution in [0.5, 0.6) is 5.75 Å². The van der Waals surface area contributed by atoms with Crippen molar-refractivity contribution in [2.24, 2.45) is 23.7 Å². The number of fused-ring (bicyclic) bond motifs is 4. The lowest BCUT2D eigenvalue weighted by molar-refractivity contribution is -0.138. The van der Waals surface area contributed by atoms with E-state index < -0.39 is 10.8 Å². The number of carbonyl (C=O) groups is 3. The average Bonchev–Trinajstić information content (AvgIpc) is 3.33. The van der Waals surface area contributed by atoms with Gasteiger partial charge in [-0.2, -0.15) is 10.1 Å². The fraction of sp³-hybridized carbons (Fsp3) is 0.548. The molecule has 10 aliphatic rings. The number of amides is 4. The molecule has 2 unspecified atom stereocenters. The first-order chi connectivity index (χ1) is 26.2. The third-order valence-corrected chi connectivity index (χ3v) is 14.8. The number of hydrogen-bond acceptors (Lipinski definition) is 8. The van der Waals surface area contributed by atoms with Crippen LogP contribution in [0, 0.1) is 23.7 Å². The van der Waals surface area contributed by atoms with Gasteiger partial charge >= 0.3 is 6.03 Å². The SMILES string of the molecule is CC=C1CN(C(=O)N2C/C(=C\C)[C@@H]3C[C@H]4OC[C@@H]3[C@@H]2C[C@@]42C(=O)N(OC)c3cc(OC)ccc32)[C@H]2C[C@@]3(C(=O)N(OC)c4ccccc43)C3C[C@@H]1C2CO3. The molecular weight excluding hydrogens is 688 g/mol. The van der Waals surface area contributed by atoms with Gasteiger partial charge in [-0.3, -0.25) is 19.3 Å². The molecule has 2 aromatic carbocycles. The number of urea groups is 1. The van der Waals surface area contributed by atoms with Crippen LogP contribution < -0.4 is 14.9 Å². The van der Waals surface area contributed by atoms with Crippen LogP contribution in [-0.4, -0.2) is 99.6 Å². The summed E-state index contributed by atoms with van der Waals surface area (Å²) in [5.41, 5.74) is 3.52. The van der Waals surface area contributed by atoms with Crippen molar-refractivity contribution in [1.29, 1.82) is 0 Å². The van der Waals surface area contributed by atoms with E-state index in [-0.39, 0.29) is 65.8 Å². The summed E-state index contributed by atoms with van der Waals surface area (Å²) in [7, 11) is 4.65. The summed E-state index contributed by atoms with van der Waals surface area (Å²) in [6, 6.07) is 13.0. The van der Waals surface area contributed by atoms with Gasteiger partial charge in [0.2, 0.25) is 0 Å². The summed E-state index contributed by atoms with van der Waals surface area (Å²) >= 11 is 0. The summed E-state index contributed by atoms with van der Waals surface area (Å²) in [4.78, 5) is 60.7. The smallest absolute Gasteiger partial charge is 0.321 e. The van der Waals surface area contributed by atoms with Gasteiger partial charge in [-0.15, -0.1) is 0 Å². The molecule has 8 aliphatic heterocycles. The number of para-hydroxylation sites is 1. The quantitative estimate of drug-likeness (QED) is 0.409. The minimum absolute atomic E-state index is 0.0209. The first-order valence-corrected chi connectivity index (χ1v) is 19.4. The first kappa shape index (κ1) is 34.3. The molecule has 2 aromatic rings. The third-order valence-electron chi connectivity index (χ3n) is 14.8. The van der Waals surface area contributed by atoms with Crippen molar-refractivity contribution < 1.29 is 38.3 Å². The second kappa shape index (κ2) is 12.1. The van der Waals surface area contributed by atoms with Crippen molar-refractivity contribution in [3.63, 3.8) is 0 Å². The maximum Gasteiger partial charge on any atom is 0.321 e. The number of nitrogens with zero attached hydrogens (tertiary/aromatic N) is 4. The number of carbonyl (C=O) groups excluding carboxylic acids is 3. The van der Waals surface area contributed by atoms with E-state index in [1.54, 1.807) is 7.11 Å². The Morgan fingerprint density at radius 3 is 1.78 bits per heavy atom. The second-order valence-electron chi connectivity index (χ2n) is 16.4. The third kappa shape index (κ3) is 4.20. The number of hydroxylamine groups is 2. The van der Waals surface area contributed by atoms with Gasteiger partial charge in [-0.1, -0.05) is 47.6 Å². The zero-order chi connectivity index (χ0) is 37.3. The van der Waals surface area contributed by atoms with E-state index in [9.17, 15) is 9.59 Å². The van der Waals surface area contributed by atoms with E-state index >= 15 is 4.79 Å². The minimum Gasteiger partial charge on any atom is -0.497 e. The molecule has 0 N–H and O–H groups in total. The summed E-state index contributed by atoms with van der Waals surface area (Å²) in [5, 5.41) is 2.81. The highest BCUT2D eigenvalue weighted by Gasteiger charge is 2.67. The Hall–Kier alpha value is -4.23. The zero-order valence-corrected chi connectivity index (χ0v) is 31.5. The number of piperidine rings is 2. The fourth-order valence-corrected chi connectivity index (χ4v) is 12.3. The molecule has 284 valence electrons. The van der Waals surface area contributed by atoms with Gasteiger partial charge in [0.25, 0.3) is 11.8 Å². The molecule has 0 radical (unpaired) electrons. The van der Waals surface area contributed by atoms with Gasteiger partial charge in [0.1, 0.15) is 16.6 Å². The van der Waals surface area contributed by atoms with E-state index in [4.69, 9.17) is 23.9 Å². The van der Waals surface area contributed by atoms with Crippen molar-refractivity contribution in [1.82, 2.24) is 9.80 Å². The standard InChI is InChI=1S/C42H48N4O8/c1-6-23-19-43(34-17-41(36-15-26(23)28(34)21-53-36)30-10-8-9-11-32(30)45(51-4)38(41)47)40(49)44-20-24(7-2)27-16-37-42(18-35(44)29(27)22-54-37)31-13-12-25(50-3)14-33(31)46(52-5)39(42)48/h6-14,26-29,34-37H,15-22H2,1-5H3/b23-6?,24-7+/t26-,27-,28?,29-,34-,35-,36?,37+,41-,42-/m0/s1. The normalized spacial score (nSPS) is 38.8. The Morgan fingerprint density at radius 1 is 0.741 bits per heavy atom. The second-order valence-corrected chi connectivity index (χ2v) is 16.4. The van der Waals surface area contributed by atoms with Crippen molar-refractivity contribution in [3.05, 3.63) is 76.9 Å². The Bertz CT molecular complexity index is 2020. The summed E-state index contributed by atoms with van der Waals surface area (Å²) in [5.74, 6) is 0.770. The Kier molecular flexibility index (Phi) is 7.70. The minimum atomic E-state index is -1.04. The number of allylic oxidation sites excluding steroid dienone is 2. The van der Waals surface area contributed by atoms with E-state index in [1.807, 2.05) is 47.4 Å². The maximum atomic E-state index is 15.7. The number of hydrogen-bond donors (Lipinski definition) is 0. The molecular formula is C42H48N4O8. The molecule has 54 heavy (non-hydrogen) atoms. The number of rotatable bonds is 3. The first-order valence-electron chi connectivity index (χ1n) is 19.4. The molecule has 0 aromatic heterocycles. The van der Waals surface area contributed by atoms with E-state index in [1.165, 1.54) is 35.5 Å². The highest BCUT2D eigenvalue weighted by atomic mass is 16.7. The molecule has 2 aliphatic carbocycles. The van der Waals surface area contributed by atoms with Crippen LogP contribution in [0.4, 0.5) is 16.2 Å². The van der Waals surface area contributed by atoms with Gasteiger partial charge < -0.3 is 24.0 Å². The van der Waals surface area contributed by atoms with Gasteiger partial charge in [0.15, 0.2) is 0 Å². The Morgan fingerprint density at radius 2 is 1.26 bits per heavy atom. The topological polar surface area (TPSA) is 110 Å². The monoisotopic (exact) mass is 736 g/mol. The van der Waals surface area contributed by atoms with Crippen LogP contribution in [0.1, 0.15) is 50.7 Å². The highest BCUT2D eigenvalue weighted by molar-refractivity contribution is 6.08. The van der Waals surface area contributed by atoms with Gasteiger partial charge in [0, 0.05) is 43.1 Å². The van der Waals surface area contributed by atoms with Gasteiger partial charge in [-0.25, -0.2) is 4.79 Å². The number of anilines is 2. The average molecular weight is 737 g/mol. The molecule has 8 bridgehead atoms. The van der Waals surface area contributed by atoms with Gasteiger partial charge in [-0.05, 0) is 74.6 Å². The molecule has 12 nitrogen and oxygen atoms in total. The largest absolute Gasteiger partial charge is 0.497 e. The molecule has 4 amide bonds. The summed E-state index contributed by atoms with van der Waals surface area (Å²) in [6.07, 6.45) is 5.87. The molecule has 6 saturated heterocycles. The fourth-order valence-electron chi connectivity index (χ4n) is 12.3. The Labute approximate surface area is 315 Å². The number of ether oxygens (including phenoxy) is 3. The van der Waals surface area contributed by atoms with Crippen molar-refractivity contribution in [3.8, 4) is 5.75 Å². The van der Waals surface area contributed by atoms with Crippen LogP contribution in [-0.2, 0) is 39.6 Å². The molecule has 8 fully saturated rings. The van der Waals surface area contributed by atoms with E-state index in [0.29, 0.717) is 63.4 Å². The van der Waals surface area contributed by atoms with Crippen LogP contribution >= 0.6 is 0 Å².